The van der Waals surface area contributed by atoms with Crippen LogP contribution in [-0.2, 0) is 6.42 Å². The number of aromatic amines is 1. The third-order valence-electron chi connectivity index (χ3n) is 2.84. The quantitative estimate of drug-likeness (QED) is 0.665. The van der Waals surface area contributed by atoms with E-state index in [1.807, 2.05) is 30.3 Å². The summed E-state index contributed by atoms with van der Waals surface area (Å²) in [5, 5.41) is 7.25. The Bertz CT molecular complexity index is 746. The fraction of sp³-hybridized carbons (Fsp3) is 0.0769. The van der Waals surface area contributed by atoms with Gasteiger partial charge < -0.3 is 11.5 Å². The van der Waals surface area contributed by atoms with Crippen molar-refractivity contribution >= 4 is 27.8 Å². The second-order valence-corrected chi connectivity index (χ2v) is 5.35. The first-order valence-electron chi connectivity index (χ1n) is 6.16. The van der Waals surface area contributed by atoms with Gasteiger partial charge in [-0.25, -0.2) is 0 Å². The number of nitrogens with two attached hydrogens (primary N) is 2. The lowest BCUT2D eigenvalue weighted by molar-refractivity contribution is 0.901. The first-order valence-corrected chi connectivity index (χ1v) is 6.95. The van der Waals surface area contributed by atoms with Gasteiger partial charge in [0.2, 0.25) is 11.9 Å². The summed E-state index contributed by atoms with van der Waals surface area (Å²) in [5.74, 6) is 0.737. The third kappa shape index (κ3) is 3.16. The number of rotatable bonds is 3. The Balaban J connectivity index is 1.83. The third-order valence-corrected chi connectivity index (χ3v) is 3.36. The Hall–Kier alpha value is -2.48. The Morgan fingerprint density at radius 3 is 2.33 bits per heavy atom. The minimum atomic E-state index is 0.116. The van der Waals surface area contributed by atoms with Gasteiger partial charge in [-0.05, 0) is 18.2 Å². The molecule has 2 aromatic heterocycles. The highest BCUT2D eigenvalue weighted by Gasteiger charge is 2.08. The van der Waals surface area contributed by atoms with Crippen LogP contribution in [0.1, 0.15) is 11.5 Å². The molecule has 8 heteroatoms. The molecule has 0 aliphatic rings. The maximum atomic E-state index is 5.55. The lowest BCUT2D eigenvalue weighted by Crippen LogP contribution is -2.07. The minimum Gasteiger partial charge on any atom is -0.368 e. The first kappa shape index (κ1) is 13.5. The van der Waals surface area contributed by atoms with Crippen molar-refractivity contribution in [1.29, 1.82) is 0 Å². The van der Waals surface area contributed by atoms with Crippen LogP contribution >= 0.6 is 15.9 Å². The van der Waals surface area contributed by atoms with Crippen molar-refractivity contribution in [2.45, 2.75) is 6.42 Å². The molecule has 0 bridgehead atoms. The van der Waals surface area contributed by atoms with Crippen molar-refractivity contribution in [3.05, 3.63) is 46.3 Å². The van der Waals surface area contributed by atoms with Crippen LogP contribution in [0.3, 0.4) is 0 Å². The molecular formula is C13H12BrN7. The van der Waals surface area contributed by atoms with Gasteiger partial charge in [-0.15, -0.1) is 0 Å². The van der Waals surface area contributed by atoms with E-state index in [-0.39, 0.29) is 11.9 Å². The second kappa shape index (κ2) is 5.49. The molecule has 0 amide bonds. The van der Waals surface area contributed by atoms with E-state index in [1.54, 1.807) is 0 Å². The summed E-state index contributed by atoms with van der Waals surface area (Å²) in [6.07, 6.45) is 0.459. The van der Waals surface area contributed by atoms with Crippen LogP contribution in [0.25, 0.3) is 11.3 Å². The number of H-pyrrole nitrogens is 1. The highest BCUT2D eigenvalue weighted by molar-refractivity contribution is 9.10. The van der Waals surface area contributed by atoms with Crippen LogP contribution in [0.4, 0.5) is 11.9 Å². The average Bonchev–Trinajstić information content (AvgIpc) is 2.87. The van der Waals surface area contributed by atoms with Gasteiger partial charge in [0.25, 0.3) is 0 Å². The van der Waals surface area contributed by atoms with Gasteiger partial charge in [-0.1, -0.05) is 28.1 Å². The van der Waals surface area contributed by atoms with E-state index >= 15 is 0 Å². The zero-order valence-corrected chi connectivity index (χ0v) is 12.5. The van der Waals surface area contributed by atoms with E-state index in [4.69, 9.17) is 11.5 Å². The summed E-state index contributed by atoms with van der Waals surface area (Å²) < 4.78 is 1.03. The van der Waals surface area contributed by atoms with Crippen molar-refractivity contribution in [1.82, 2.24) is 25.1 Å². The Morgan fingerprint density at radius 1 is 1.00 bits per heavy atom. The van der Waals surface area contributed by atoms with Crippen LogP contribution in [0.15, 0.2) is 34.8 Å². The van der Waals surface area contributed by atoms with Crippen LogP contribution in [-0.4, -0.2) is 25.1 Å². The Kier molecular flexibility index (Phi) is 3.53. The molecule has 0 saturated heterocycles. The van der Waals surface area contributed by atoms with Gasteiger partial charge in [-0.2, -0.15) is 20.1 Å². The molecule has 0 saturated carbocycles. The fourth-order valence-electron chi connectivity index (χ4n) is 1.93. The predicted octanol–water partition coefficient (Wildman–Crippen LogP) is 1.78. The van der Waals surface area contributed by atoms with Crippen LogP contribution < -0.4 is 11.5 Å². The molecule has 106 valence electrons. The van der Waals surface area contributed by atoms with Gasteiger partial charge in [-0.3, -0.25) is 5.10 Å². The van der Waals surface area contributed by atoms with E-state index in [2.05, 4.69) is 41.1 Å². The number of nitrogens with one attached hydrogen (secondary N) is 1. The fourth-order valence-corrected chi connectivity index (χ4v) is 2.19. The molecule has 0 fully saturated rings. The molecule has 3 rings (SSSR count). The SMILES string of the molecule is Nc1nc(N)nc(Cc2cc(-c3ccc(Br)cc3)n[nH]2)n1. The second-order valence-electron chi connectivity index (χ2n) is 4.43. The van der Waals surface area contributed by atoms with Gasteiger partial charge in [0.15, 0.2) is 0 Å². The first-order chi connectivity index (χ1) is 10.1. The van der Waals surface area contributed by atoms with E-state index in [9.17, 15) is 0 Å². The molecule has 5 N–H and O–H groups in total. The summed E-state index contributed by atoms with van der Waals surface area (Å²) >= 11 is 3.41. The van der Waals surface area contributed by atoms with Crippen molar-refractivity contribution < 1.29 is 0 Å². The number of nitrogens with zero attached hydrogens (tertiary/aromatic N) is 4. The number of benzene rings is 1. The van der Waals surface area contributed by atoms with Crippen molar-refractivity contribution in [2.75, 3.05) is 11.5 Å². The van der Waals surface area contributed by atoms with Crippen LogP contribution in [0.2, 0.25) is 0 Å². The van der Waals surface area contributed by atoms with E-state index in [0.717, 1.165) is 21.4 Å². The molecule has 0 atom stereocenters. The monoisotopic (exact) mass is 345 g/mol. The van der Waals surface area contributed by atoms with Crippen molar-refractivity contribution in [3.63, 3.8) is 0 Å². The van der Waals surface area contributed by atoms with Crippen molar-refractivity contribution in [3.8, 4) is 11.3 Å². The topological polar surface area (TPSA) is 119 Å². The van der Waals surface area contributed by atoms with Gasteiger partial charge in [0.05, 0.1) is 5.69 Å². The number of anilines is 2. The highest BCUT2D eigenvalue weighted by Crippen LogP contribution is 2.21. The lowest BCUT2D eigenvalue weighted by Gasteiger charge is -1.99. The number of aromatic nitrogens is 5. The maximum Gasteiger partial charge on any atom is 0.225 e. The van der Waals surface area contributed by atoms with E-state index in [1.165, 1.54) is 0 Å². The normalized spacial score (nSPS) is 10.7. The molecule has 0 spiro atoms. The Morgan fingerprint density at radius 2 is 1.67 bits per heavy atom. The maximum absolute atomic E-state index is 5.55. The molecular weight excluding hydrogens is 334 g/mol. The summed E-state index contributed by atoms with van der Waals surface area (Å²) in [4.78, 5) is 11.8. The summed E-state index contributed by atoms with van der Waals surface area (Å²) in [6.45, 7) is 0. The van der Waals surface area contributed by atoms with Gasteiger partial charge >= 0.3 is 0 Å². The molecule has 3 aromatic rings. The molecule has 0 unspecified atom stereocenters. The average molecular weight is 346 g/mol. The minimum absolute atomic E-state index is 0.116. The Labute approximate surface area is 129 Å². The smallest absolute Gasteiger partial charge is 0.225 e. The van der Waals surface area contributed by atoms with Gasteiger partial charge in [0.1, 0.15) is 5.82 Å². The molecule has 1 aromatic carbocycles. The van der Waals surface area contributed by atoms with Gasteiger partial charge in [0, 0.05) is 22.2 Å². The summed E-state index contributed by atoms with van der Waals surface area (Å²) in [6, 6.07) is 9.86. The zero-order valence-electron chi connectivity index (χ0n) is 10.9. The molecule has 21 heavy (non-hydrogen) atoms. The number of halogens is 1. The largest absolute Gasteiger partial charge is 0.368 e. The summed E-state index contributed by atoms with van der Waals surface area (Å²) in [7, 11) is 0. The van der Waals surface area contributed by atoms with Crippen molar-refractivity contribution in [2.24, 2.45) is 0 Å². The van der Waals surface area contributed by atoms with E-state index in [0.29, 0.717) is 12.2 Å². The number of hydrogen-bond donors (Lipinski definition) is 3. The standard InChI is InChI=1S/C13H12BrN7/c14-8-3-1-7(2-4-8)10-5-9(20-21-10)6-11-17-12(15)19-13(16)18-11/h1-5H,6H2,(H,20,21)(H4,15,16,17,18,19). The zero-order chi connectivity index (χ0) is 14.8. The predicted molar refractivity (Wildman–Crippen MR) is 83.2 cm³/mol. The van der Waals surface area contributed by atoms with Crippen LogP contribution in [0, 0.1) is 0 Å². The highest BCUT2D eigenvalue weighted by atomic mass is 79.9. The molecule has 0 aliphatic carbocycles. The van der Waals surface area contributed by atoms with E-state index < -0.39 is 0 Å². The van der Waals surface area contributed by atoms with Crippen LogP contribution in [0.5, 0.6) is 0 Å². The molecule has 2 heterocycles. The number of hydrogen-bond acceptors (Lipinski definition) is 6. The summed E-state index contributed by atoms with van der Waals surface area (Å²) in [5.41, 5.74) is 13.9. The number of nitrogen functional groups attached to an aromatic ring is 2. The lowest BCUT2D eigenvalue weighted by atomic mass is 10.1. The molecule has 7 nitrogen and oxygen atoms in total. The molecule has 0 radical (unpaired) electrons. The molecule has 0 aliphatic heterocycles.